The van der Waals surface area contributed by atoms with Crippen molar-refractivity contribution in [3.63, 3.8) is 0 Å². The standard InChI is InChI=1S/C16H23F4NO3/c1-2-13-9-12(10-14(17)15(13)24-16(18,19)20)11-21-5-3-4-7-23-8-6-22/h9-10,21-22H,2-8,11H2,1H3. The Balaban J connectivity index is 2.48. The molecule has 1 aromatic rings. The molecule has 0 heterocycles. The number of aliphatic hydroxyl groups is 1. The molecule has 24 heavy (non-hydrogen) atoms. The lowest BCUT2D eigenvalue weighted by molar-refractivity contribution is -0.275. The molecule has 0 bridgehead atoms. The minimum Gasteiger partial charge on any atom is -0.402 e. The summed E-state index contributed by atoms with van der Waals surface area (Å²) < 4.78 is 59.7. The molecule has 0 saturated carbocycles. The first kappa shape index (κ1) is 20.7. The Kier molecular flexibility index (Phi) is 9.02. The molecule has 0 fully saturated rings. The minimum atomic E-state index is -4.91. The fourth-order valence-corrected chi connectivity index (χ4v) is 2.16. The molecule has 4 nitrogen and oxygen atoms in total. The maximum atomic E-state index is 13.9. The monoisotopic (exact) mass is 353 g/mol. The third-order valence-electron chi connectivity index (χ3n) is 3.24. The minimum absolute atomic E-state index is 0.00236. The molecule has 0 radical (unpaired) electrons. The van der Waals surface area contributed by atoms with E-state index in [1.165, 1.54) is 6.07 Å². The topological polar surface area (TPSA) is 50.7 Å². The summed E-state index contributed by atoms with van der Waals surface area (Å²) in [6.45, 7) is 3.54. The predicted octanol–water partition coefficient (Wildman–Crippen LogP) is 3.17. The SMILES string of the molecule is CCc1cc(CNCCCCOCCO)cc(F)c1OC(F)(F)F. The molecule has 1 rings (SSSR count). The summed E-state index contributed by atoms with van der Waals surface area (Å²) in [4.78, 5) is 0. The van der Waals surface area contributed by atoms with E-state index in [9.17, 15) is 17.6 Å². The zero-order chi connectivity index (χ0) is 18.0. The van der Waals surface area contributed by atoms with Gasteiger partial charge in [0, 0.05) is 13.2 Å². The molecule has 0 aliphatic rings. The molecule has 0 spiro atoms. The van der Waals surface area contributed by atoms with Gasteiger partial charge in [-0.25, -0.2) is 4.39 Å². The number of nitrogens with one attached hydrogen (secondary N) is 1. The quantitative estimate of drug-likeness (QED) is 0.474. The Morgan fingerprint density at radius 3 is 2.54 bits per heavy atom. The molecule has 0 aliphatic carbocycles. The molecule has 0 saturated heterocycles. The second-order valence-corrected chi connectivity index (χ2v) is 5.19. The number of aliphatic hydroxyl groups excluding tert-OH is 1. The first-order valence-electron chi connectivity index (χ1n) is 7.83. The summed E-state index contributed by atoms with van der Waals surface area (Å²) in [6, 6.07) is 2.57. The lowest BCUT2D eigenvalue weighted by atomic mass is 10.1. The molecule has 138 valence electrons. The van der Waals surface area contributed by atoms with Crippen molar-refractivity contribution in [2.45, 2.75) is 39.1 Å². The molecule has 0 aromatic heterocycles. The van der Waals surface area contributed by atoms with Crippen LogP contribution in [0.1, 0.15) is 30.9 Å². The van der Waals surface area contributed by atoms with Gasteiger partial charge in [-0.15, -0.1) is 13.2 Å². The van der Waals surface area contributed by atoms with Crippen molar-refractivity contribution in [3.05, 3.63) is 29.1 Å². The van der Waals surface area contributed by atoms with Crippen LogP contribution in [0.2, 0.25) is 0 Å². The van der Waals surface area contributed by atoms with Gasteiger partial charge in [0.1, 0.15) is 0 Å². The molecule has 0 unspecified atom stereocenters. The highest BCUT2D eigenvalue weighted by Crippen LogP contribution is 2.30. The van der Waals surface area contributed by atoms with Crippen LogP contribution in [0.25, 0.3) is 0 Å². The van der Waals surface area contributed by atoms with Crippen LogP contribution in [0.5, 0.6) is 5.75 Å². The average Bonchev–Trinajstić information content (AvgIpc) is 2.51. The average molecular weight is 353 g/mol. The van der Waals surface area contributed by atoms with E-state index >= 15 is 0 Å². The van der Waals surface area contributed by atoms with Crippen molar-refractivity contribution in [2.24, 2.45) is 0 Å². The molecule has 0 amide bonds. The van der Waals surface area contributed by atoms with Gasteiger partial charge in [-0.1, -0.05) is 13.0 Å². The Morgan fingerprint density at radius 1 is 1.17 bits per heavy atom. The van der Waals surface area contributed by atoms with E-state index in [1.807, 2.05) is 0 Å². The lowest BCUT2D eigenvalue weighted by Crippen LogP contribution is -2.20. The Hall–Kier alpha value is -1.38. The van der Waals surface area contributed by atoms with E-state index < -0.39 is 17.9 Å². The fourth-order valence-electron chi connectivity index (χ4n) is 2.16. The molecule has 0 atom stereocenters. The number of alkyl halides is 3. The van der Waals surface area contributed by atoms with Crippen LogP contribution in [0.3, 0.4) is 0 Å². The molecule has 8 heteroatoms. The number of hydrogen-bond donors (Lipinski definition) is 2. The zero-order valence-corrected chi connectivity index (χ0v) is 13.6. The summed E-state index contributed by atoms with van der Waals surface area (Å²) in [5.74, 6) is -1.77. The van der Waals surface area contributed by atoms with E-state index in [4.69, 9.17) is 9.84 Å². The van der Waals surface area contributed by atoms with Gasteiger partial charge in [-0.05, 0) is 43.0 Å². The van der Waals surface area contributed by atoms with Crippen molar-refractivity contribution < 1.29 is 32.1 Å². The summed E-state index contributed by atoms with van der Waals surface area (Å²) in [6.07, 6.45) is -3.02. The Morgan fingerprint density at radius 2 is 1.92 bits per heavy atom. The number of halogens is 4. The first-order chi connectivity index (χ1) is 11.4. The van der Waals surface area contributed by atoms with Gasteiger partial charge >= 0.3 is 6.36 Å². The molecule has 2 N–H and O–H groups in total. The second-order valence-electron chi connectivity index (χ2n) is 5.19. The van der Waals surface area contributed by atoms with Crippen molar-refractivity contribution >= 4 is 0 Å². The first-order valence-corrected chi connectivity index (χ1v) is 7.83. The van der Waals surface area contributed by atoms with Crippen molar-refractivity contribution in [2.75, 3.05) is 26.4 Å². The van der Waals surface area contributed by atoms with E-state index in [0.29, 0.717) is 31.9 Å². The second kappa shape index (κ2) is 10.5. The van der Waals surface area contributed by atoms with Crippen molar-refractivity contribution in [1.29, 1.82) is 0 Å². The summed E-state index contributed by atoms with van der Waals surface area (Å²) >= 11 is 0. The Labute approximate surface area is 138 Å². The van der Waals surface area contributed by atoms with Crippen molar-refractivity contribution in [1.82, 2.24) is 5.32 Å². The Bertz CT molecular complexity index is 495. The number of benzene rings is 1. The van der Waals surface area contributed by atoms with Crippen LogP contribution in [0.4, 0.5) is 17.6 Å². The van der Waals surface area contributed by atoms with Crippen LogP contribution in [-0.2, 0) is 17.7 Å². The molecule has 1 aromatic carbocycles. The van der Waals surface area contributed by atoms with Gasteiger partial charge in [0.15, 0.2) is 11.6 Å². The highest BCUT2D eigenvalue weighted by atomic mass is 19.4. The van der Waals surface area contributed by atoms with Gasteiger partial charge in [-0.3, -0.25) is 0 Å². The van der Waals surface area contributed by atoms with Gasteiger partial charge in [0.25, 0.3) is 0 Å². The number of rotatable bonds is 11. The fraction of sp³-hybridized carbons (Fsp3) is 0.625. The van der Waals surface area contributed by atoms with Crippen LogP contribution < -0.4 is 10.1 Å². The smallest absolute Gasteiger partial charge is 0.402 e. The number of unbranched alkanes of at least 4 members (excludes halogenated alkanes) is 1. The van der Waals surface area contributed by atoms with Gasteiger partial charge in [-0.2, -0.15) is 0 Å². The van der Waals surface area contributed by atoms with Crippen LogP contribution >= 0.6 is 0 Å². The van der Waals surface area contributed by atoms with Crippen LogP contribution in [0, 0.1) is 5.82 Å². The molecular formula is C16H23F4NO3. The van der Waals surface area contributed by atoms with E-state index in [-0.39, 0.29) is 18.6 Å². The summed E-state index contributed by atoms with van der Waals surface area (Å²) in [7, 11) is 0. The normalized spacial score (nSPS) is 11.8. The van der Waals surface area contributed by atoms with Crippen LogP contribution in [-0.4, -0.2) is 37.8 Å². The third kappa shape index (κ3) is 7.94. The highest BCUT2D eigenvalue weighted by Gasteiger charge is 2.33. The number of ether oxygens (including phenoxy) is 2. The van der Waals surface area contributed by atoms with E-state index in [1.54, 1.807) is 6.92 Å². The van der Waals surface area contributed by atoms with Crippen LogP contribution in [0.15, 0.2) is 12.1 Å². The van der Waals surface area contributed by atoms with Gasteiger partial charge in [0.05, 0.1) is 13.2 Å². The maximum absolute atomic E-state index is 13.9. The molecular weight excluding hydrogens is 330 g/mol. The van der Waals surface area contributed by atoms with Crippen molar-refractivity contribution in [3.8, 4) is 5.75 Å². The summed E-state index contributed by atoms with van der Waals surface area (Å²) in [5, 5.41) is 11.6. The van der Waals surface area contributed by atoms with Gasteiger partial charge < -0.3 is 19.9 Å². The number of hydrogen-bond acceptors (Lipinski definition) is 4. The maximum Gasteiger partial charge on any atom is 0.573 e. The van der Waals surface area contributed by atoms with E-state index in [2.05, 4.69) is 10.1 Å². The zero-order valence-electron chi connectivity index (χ0n) is 13.6. The summed E-state index contributed by atoms with van der Waals surface area (Å²) in [5.41, 5.74) is 0.747. The lowest BCUT2D eigenvalue weighted by Gasteiger charge is -2.15. The highest BCUT2D eigenvalue weighted by molar-refractivity contribution is 5.39. The van der Waals surface area contributed by atoms with Gasteiger partial charge in [0.2, 0.25) is 0 Å². The number of aryl methyl sites for hydroxylation is 1. The predicted molar refractivity (Wildman–Crippen MR) is 81.3 cm³/mol. The molecule has 0 aliphatic heterocycles. The van der Waals surface area contributed by atoms with E-state index in [0.717, 1.165) is 18.9 Å². The largest absolute Gasteiger partial charge is 0.573 e. The third-order valence-corrected chi connectivity index (χ3v) is 3.24.